The SMILES string of the molecule is CC(C)c1ncn2c1C(C)CC2C. The summed E-state index contributed by atoms with van der Waals surface area (Å²) in [5.74, 6) is 1.25. The van der Waals surface area contributed by atoms with E-state index in [1.54, 1.807) is 0 Å². The van der Waals surface area contributed by atoms with E-state index in [0.717, 1.165) is 0 Å². The summed E-state index contributed by atoms with van der Waals surface area (Å²) in [6.45, 7) is 9.03. The molecule has 0 amide bonds. The van der Waals surface area contributed by atoms with E-state index in [1.807, 2.05) is 6.33 Å². The Morgan fingerprint density at radius 3 is 2.77 bits per heavy atom. The molecule has 1 aromatic rings. The fourth-order valence-corrected chi connectivity index (χ4v) is 2.42. The van der Waals surface area contributed by atoms with Gasteiger partial charge in [0.1, 0.15) is 0 Å². The molecule has 0 bridgehead atoms. The van der Waals surface area contributed by atoms with Crippen LogP contribution in [0.1, 0.15) is 63.4 Å². The molecule has 0 saturated heterocycles. The molecule has 1 aliphatic heterocycles. The Morgan fingerprint density at radius 1 is 1.46 bits per heavy atom. The third-order valence-corrected chi connectivity index (χ3v) is 3.05. The highest BCUT2D eigenvalue weighted by Gasteiger charge is 2.28. The van der Waals surface area contributed by atoms with Gasteiger partial charge in [-0.15, -0.1) is 0 Å². The van der Waals surface area contributed by atoms with Gasteiger partial charge in [-0.2, -0.15) is 0 Å². The van der Waals surface area contributed by atoms with Crippen molar-refractivity contribution in [1.29, 1.82) is 0 Å². The van der Waals surface area contributed by atoms with Gasteiger partial charge in [0.15, 0.2) is 0 Å². The van der Waals surface area contributed by atoms with Gasteiger partial charge in [-0.3, -0.25) is 0 Å². The molecule has 0 fully saturated rings. The van der Waals surface area contributed by atoms with Crippen LogP contribution in [0.5, 0.6) is 0 Å². The van der Waals surface area contributed by atoms with Crippen LogP contribution in [-0.4, -0.2) is 9.55 Å². The molecule has 0 aromatic carbocycles. The fourth-order valence-electron chi connectivity index (χ4n) is 2.42. The Balaban J connectivity index is 2.48. The topological polar surface area (TPSA) is 17.8 Å². The second-order valence-electron chi connectivity index (χ2n) is 4.56. The summed E-state index contributed by atoms with van der Waals surface area (Å²) in [6.07, 6.45) is 3.29. The van der Waals surface area contributed by atoms with Crippen LogP contribution in [0.4, 0.5) is 0 Å². The molecule has 0 N–H and O–H groups in total. The third-order valence-electron chi connectivity index (χ3n) is 3.05. The van der Waals surface area contributed by atoms with Crippen molar-refractivity contribution in [3.05, 3.63) is 17.7 Å². The van der Waals surface area contributed by atoms with Gasteiger partial charge in [-0.25, -0.2) is 4.98 Å². The first-order valence-corrected chi connectivity index (χ1v) is 5.18. The van der Waals surface area contributed by atoms with Crippen LogP contribution in [0.3, 0.4) is 0 Å². The van der Waals surface area contributed by atoms with E-state index in [2.05, 4.69) is 37.2 Å². The Kier molecular flexibility index (Phi) is 1.94. The van der Waals surface area contributed by atoms with E-state index >= 15 is 0 Å². The van der Waals surface area contributed by atoms with E-state index < -0.39 is 0 Å². The average molecular weight is 178 g/mol. The highest BCUT2D eigenvalue weighted by atomic mass is 15.1. The van der Waals surface area contributed by atoms with Gasteiger partial charge in [-0.05, 0) is 19.3 Å². The molecule has 13 heavy (non-hydrogen) atoms. The van der Waals surface area contributed by atoms with Crippen molar-refractivity contribution < 1.29 is 0 Å². The number of aromatic nitrogens is 2. The van der Waals surface area contributed by atoms with Crippen LogP contribution in [0.15, 0.2) is 6.33 Å². The van der Waals surface area contributed by atoms with Gasteiger partial charge in [-0.1, -0.05) is 20.8 Å². The molecule has 2 heteroatoms. The highest BCUT2D eigenvalue weighted by Crippen LogP contribution is 2.38. The Morgan fingerprint density at radius 2 is 2.15 bits per heavy atom. The summed E-state index contributed by atoms with van der Waals surface area (Å²) in [5, 5.41) is 0. The van der Waals surface area contributed by atoms with Gasteiger partial charge in [0.05, 0.1) is 12.0 Å². The van der Waals surface area contributed by atoms with Crippen LogP contribution in [-0.2, 0) is 0 Å². The van der Waals surface area contributed by atoms with Crippen molar-refractivity contribution in [3.8, 4) is 0 Å². The molecule has 72 valence electrons. The maximum absolute atomic E-state index is 4.50. The lowest BCUT2D eigenvalue weighted by Gasteiger charge is -2.07. The maximum atomic E-state index is 4.50. The van der Waals surface area contributed by atoms with Crippen LogP contribution < -0.4 is 0 Å². The normalized spacial score (nSPS) is 26.8. The molecule has 0 saturated carbocycles. The van der Waals surface area contributed by atoms with Gasteiger partial charge in [0.2, 0.25) is 0 Å². The molecule has 2 atom stereocenters. The summed E-state index contributed by atoms with van der Waals surface area (Å²) in [4.78, 5) is 4.50. The molecular formula is C11H18N2. The molecular weight excluding hydrogens is 160 g/mol. The minimum atomic E-state index is 0.559. The van der Waals surface area contributed by atoms with Crippen LogP contribution in [0.2, 0.25) is 0 Å². The van der Waals surface area contributed by atoms with E-state index in [9.17, 15) is 0 Å². The summed E-state index contributed by atoms with van der Waals surface area (Å²) >= 11 is 0. The fraction of sp³-hybridized carbons (Fsp3) is 0.727. The van der Waals surface area contributed by atoms with Gasteiger partial charge >= 0.3 is 0 Å². The predicted molar refractivity (Wildman–Crippen MR) is 54.1 cm³/mol. The first kappa shape index (κ1) is 8.79. The quantitative estimate of drug-likeness (QED) is 0.646. The zero-order valence-corrected chi connectivity index (χ0v) is 8.91. The number of hydrogen-bond donors (Lipinski definition) is 0. The average Bonchev–Trinajstić information content (AvgIpc) is 2.55. The highest BCUT2D eigenvalue weighted by molar-refractivity contribution is 5.24. The standard InChI is InChI=1S/C11H18N2/c1-7(2)10-11-8(3)5-9(4)13(11)6-12-10/h6-9H,5H2,1-4H3. The minimum Gasteiger partial charge on any atom is -0.331 e. The molecule has 2 heterocycles. The monoisotopic (exact) mass is 178 g/mol. The van der Waals surface area contributed by atoms with Crippen molar-refractivity contribution in [2.24, 2.45) is 0 Å². The van der Waals surface area contributed by atoms with Crippen molar-refractivity contribution >= 4 is 0 Å². The lowest BCUT2D eigenvalue weighted by Crippen LogP contribution is -1.98. The van der Waals surface area contributed by atoms with Crippen molar-refractivity contribution in [3.63, 3.8) is 0 Å². The number of hydrogen-bond acceptors (Lipinski definition) is 1. The summed E-state index contributed by atoms with van der Waals surface area (Å²) < 4.78 is 2.35. The van der Waals surface area contributed by atoms with E-state index in [-0.39, 0.29) is 0 Å². The summed E-state index contributed by atoms with van der Waals surface area (Å²) in [5.41, 5.74) is 2.78. The maximum Gasteiger partial charge on any atom is 0.0954 e. The van der Waals surface area contributed by atoms with Crippen molar-refractivity contribution in [2.45, 2.75) is 52.0 Å². The van der Waals surface area contributed by atoms with E-state index in [1.165, 1.54) is 17.8 Å². The molecule has 2 rings (SSSR count). The third kappa shape index (κ3) is 1.19. The molecule has 0 radical (unpaired) electrons. The number of rotatable bonds is 1. The van der Waals surface area contributed by atoms with E-state index in [4.69, 9.17) is 0 Å². The first-order chi connectivity index (χ1) is 6.11. The Bertz CT molecular complexity index is 312. The van der Waals surface area contributed by atoms with Crippen LogP contribution >= 0.6 is 0 Å². The molecule has 2 unspecified atom stereocenters. The molecule has 0 spiro atoms. The number of fused-ring (bicyclic) bond motifs is 1. The zero-order chi connectivity index (χ0) is 9.59. The molecule has 2 nitrogen and oxygen atoms in total. The number of nitrogens with zero attached hydrogens (tertiary/aromatic N) is 2. The summed E-state index contributed by atoms with van der Waals surface area (Å²) in [6, 6.07) is 0.644. The van der Waals surface area contributed by atoms with Crippen LogP contribution in [0.25, 0.3) is 0 Å². The van der Waals surface area contributed by atoms with Crippen LogP contribution in [0, 0.1) is 0 Å². The lowest BCUT2D eigenvalue weighted by molar-refractivity contribution is 0.555. The summed E-state index contributed by atoms with van der Waals surface area (Å²) in [7, 11) is 0. The zero-order valence-electron chi connectivity index (χ0n) is 8.91. The molecule has 0 aliphatic carbocycles. The minimum absolute atomic E-state index is 0.559. The Hall–Kier alpha value is -0.790. The van der Waals surface area contributed by atoms with Crippen molar-refractivity contribution in [1.82, 2.24) is 9.55 Å². The second-order valence-corrected chi connectivity index (χ2v) is 4.56. The first-order valence-electron chi connectivity index (χ1n) is 5.18. The smallest absolute Gasteiger partial charge is 0.0954 e. The van der Waals surface area contributed by atoms with Gasteiger partial charge in [0.25, 0.3) is 0 Å². The van der Waals surface area contributed by atoms with E-state index in [0.29, 0.717) is 17.9 Å². The predicted octanol–water partition coefficient (Wildman–Crippen LogP) is 3.07. The van der Waals surface area contributed by atoms with Crippen molar-refractivity contribution in [2.75, 3.05) is 0 Å². The second kappa shape index (κ2) is 2.86. The molecule has 1 aliphatic rings. The largest absolute Gasteiger partial charge is 0.331 e. The molecule has 1 aromatic heterocycles. The lowest BCUT2D eigenvalue weighted by atomic mass is 9.99. The number of imidazole rings is 1. The van der Waals surface area contributed by atoms with Gasteiger partial charge in [0, 0.05) is 17.7 Å². The Labute approximate surface area is 80.0 Å². The van der Waals surface area contributed by atoms with Gasteiger partial charge < -0.3 is 4.57 Å².